The van der Waals surface area contributed by atoms with E-state index in [-0.39, 0.29) is 5.82 Å². The van der Waals surface area contributed by atoms with Crippen LogP contribution in [0.2, 0.25) is 0 Å². The molecule has 22 heavy (non-hydrogen) atoms. The Labute approximate surface area is 132 Å². The molecule has 0 aliphatic carbocycles. The van der Waals surface area contributed by atoms with Gasteiger partial charge in [-0.2, -0.15) is 0 Å². The Balaban J connectivity index is 1.48. The zero-order chi connectivity index (χ0) is 15.2. The van der Waals surface area contributed by atoms with Crippen molar-refractivity contribution in [2.75, 3.05) is 45.9 Å². The van der Waals surface area contributed by atoms with E-state index in [1.807, 2.05) is 12.1 Å². The molecule has 2 aliphatic rings. The molecule has 120 valence electrons. The van der Waals surface area contributed by atoms with Crippen molar-refractivity contribution in [2.24, 2.45) is 0 Å². The second-order valence-electron chi connectivity index (χ2n) is 6.16. The number of nitrogens with zero attached hydrogens (tertiary/aromatic N) is 2. The molecule has 2 fully saturated rings. The number of piperidine rings is 1. The highest BCUT2D eigenvalue weighted by Gasteiger charge is 2.25. The van der Waals surface area contributed by atoms with Crippen molar-refractivity contribution in [3.8, 4) is 0 Å². The van der Waals surface area contributed by atoms with Gasteiger partial charge in [0.2, 0.25) is 0 Å². The SMILES string of the molecule is Fc1ccc(/C=C/CN2CCCC(N3CCOCC3)C2)cc1. The van der Waals surface area contributed by atoms with Gasteiger partial charge in [0.05, 0.1) is 13.2 Å². The molecule has 4 heteroatoms. The summed E-state index contributed by atoms with van der Waals surface area (Å²) in [7, 11) is 0. The number of halogens is 1. The molecule has 2 heterocycles. The number of morpholine rings is 1. The molecule has 1 unspecified atom stereocenters. The summed E-state index contributed by atoms with van der Waals surface area (Å²) in [6, 6.07) is 7.33. The highest BCUT2D eigenvalue weighted by atomic mass is 19.1. The monoisotopic (exact) mass is 304 g/mol. The molecule has 0 bridgehead atoms. The fourth-order valence-electron chi connectivity index (χ4n) is 3.35. The molecule has 0 radical (unpaired) electrons. The molecule has 1 aromatic rings. The van der Waals surface area contributed by atoms with Gasteiger partial charge in [0.1, 0.15) is 5.82 Å². The van der Waals surface area contributed by atoms with Gasteiger partial charge in [-0.05, 0) is 37.1 Å². The van der Waals surface area contributed by atoms with Crippen molar-refractivity contribution in [3.05, 3.63) is 41.7 Å². The summed E-state index contributed by atoms with van der Waals surface area (Å²) in [6.45, 7) is 7.19. The van der Waals surface area contributed by atoms with Crippen LogP contribution in [0.5, 0.6) is 0 Å². The highest BCUT2D eigenvalue weighted by Crippen LogP contribution is 2.17. The summed E-state index contributed by atoms with van der Waals surface area (Å²) < 4.78 is 18.3. The van der Waals surface area contributed by atoms with Gasteiger partial charge < -0.3 is 4.74 Å². The van der Waals surface area contributed by atoms with Crippen molar-refractivity contribution in [1.29, 1.82) is 0 Å². The molecular formula is C18H25FN2O. The molecule has 0 amide bonds. The predicted molar refractivity (Wildman–Crippen MR) is 87.3 cm³/mol. The van der Waals surface area contributed by atoms with Crippen LogP contribution < -0.4 is 0 Å². The molecule has 3 nitrogen and oxygen atoms in total. The zero-order valence-electron chi connectivity index (χ0n) is 13.1. The number of rotatable bonds is 4. The van der Waals surface area contributed by atoms with Gasteiger partial charge in [0.25, 0.3) is 0 Å². The van der Waals surface area contributed by atoms with E-state index < -0.39 is 0 Å². The lowest BCUT2D eigenvalue weighted by molar-refractivity contribution is -0.00117. The maximum absolute atomic E-state index is 12.9. The van der Waals surface area contributed by atoms with Crippen LogP contribution in [0.4, 0.5) is 4.39 Å². The summed E-state index contributed by atoms with van der Waals surface area (Å²) in [5.41, 5.74) is 1.06. The minimum absolute atomic E-state index is 0.179. The van der Waals surface area contributed by atoms with Crippen LogP contribution in [-0.4, -0.2) is 61.8 Å². The first kappa shape index (κ1) is 15.7. The van der Waals surface area contributed by atoms with Crippen LogP contribution in [0.1, 0.15) is 18.4 Å². The third-order valence-corrected chi connectivity index (χ3v) is 4.59. The smallest absolute Gasteiger partial charge is 0.123 e. The first-order valence-corrected chi connectivity index (χ1v) is 8.27. The standard InChI is InChI=1S/C18H25FN2O/c19-17-7-5-16(6-8-17)3-1-9-20-10-2-4-18(15-20)21-11-13-22-14-12-21/h1,3,5-8,18H,2,4,9-15H2/b3-1+. The van der Waals surface area contributed by atoms with Crippen LogP contribution in [0.3, 0.4) is 0 Å². The summed E-state index contributed by atoms with van der Waals surface area (Å²) in [5.74, 6) is -0.179. The number of benzene rings is 1. The van der Waals surface area contributed by atoms with Crippen molar-refractivity contribution < 1.29 is 9.13 Å². The molecule has 1 aromatic carbocycles. The first-order chi connectivity index (χ1) is 10.8. The fraction of sp³-hybridized carbons (Fsp3) is 0.556. The van der Waals surface area contributed by atoms with E-state index in [4.69, 9.17) is 4.74 Å². The number of hydrogen-bond donors (Lipinski definition) is 0. The minimum atomic E-state index is -0.179. The third kappa shape index (κ3) is 4.38. The van der Waals surface area contributed by atoms with E-state index in [1.165, 1.54) is 31.5 Å². The molecule has 0 saturated carbocycles. The normalized spacial score (nSPS) is 24.9. The van der Waals surface area contributed by atoms with E-state index >= 15 is 0 Å². The number of hydrogen-bond acceptors (Lipinski definition) is 3. The fourth-order valence-corrected chi connectivity index (χ4v) is 3.35. The average molecular weight is 304 g/mol. The van der Waals surface area contributed by atoms with E-state index in [0.717, 1.165) is 45.0 Å². The lowest BCUT2D eigenvalue weighted by Crippen LogP contribution is -2.51. The van der Waals surface area contributed by atoms with Crippen molar-refractivity contribution >= 4 is 6.08 Å². The summed E-state index contributed by atoms with van der Waals surface area (Å²) in [4.78, 5) is 5.10. The van der Waals surface area contributed by atoms with Crippen molar-refractivity contribution in [3.63, 3.8) is 0 Å². The largest absolute Gasteiger partial charge is 0.379 e. The molecule has 0 aromatic heterocycles. The van der Waals surface area contributed by atoms with E-state index in [0.29, 0.717) is 6.04 Å². The van der Waals surface area contributed by atoms with Crippen LogP contribution in [-0.2, 0) is 4.74 Å². The summed E-state index contributed by atoms with van der Waals surface area (Å²) in [6.07, 6.45) is 6.84. The van der Waals surface area contributed by atoms with Gasteiger partial charge in [0, 0.05) is 32.2 Å². The van der Waals surface area contributed by atoms with Crippen molar-refractivity contribution in [2.45, 2.75) is 18.9 Å². The lowest BCUT2D eigenvalue weighted by Gasteiger charge is -2.40. The van der Waals surface area contributed by atoms with E-state index in [2.05, 4.69) is 22.0 Å². The van der Waals surface area contributed by atoms with Crippen molar-refractivity contribution in [1.82, 2.24) is 9.80 Å². The van der Waals surface area contributed by atoms with Gasteiger partial charge >= 0.3 is 0 Å². The third-order valence-electron chi connectivity index (χ3n) is 4.59. The maximum atomic E-state index is 12.9. The van der Waals surface area contributed by atoms with Crippen LogP contribution in [0.25, 0.3) is 6.08 Å². The van der Waals surface area contributed by atoms with Gasteiger partial charge in [0.15, 0.2) is 0 Å². The molecule has 0 N–H and O–H groups in total. The van der Waals surface area contributed by atoms with Crippen LogP contribution >= 0.6 is 0 Å². The Morgan fingerprint density at radius 1 is 1.14 bits per heavy atom. The second-order valence-corrected chi connectivity index (χ2v) is 6.16. The van der Waals surface area contributed by atoms with Gasteiger partial charge in [-0.25, -0.2) is 4.39 Å². The number of likely N-dealkylation sites (tertiary alicyclic amines) is 1. The molecule has 0 spiro atoms. The van der Waals surface area contributed by atoms with E-state index in [1.54, 1.807) is 0 Å². The Hall–Kier alpha value is -1.23. The topological polar surface area (TPSA) is 15.7 Å². The van der Waals surface area contributed by atoms with Gasteiger partial charge in [-0.15, -0.1) is 0 Å². The number of ether oxygens (including phenoxy) is 1. The summed E-state index contributed by atoms with van der Waals surface area (Å²) in [5, 5.41) is 0. The lowest BCUT2D eigenvalue weighted by atomic mass is 10.0. The molecule has 3 rings (SSSR count). The molecule has 2 aliphatic heterocycles. The second kappa shape index (κ2) is 7.86. The van der Waals surface area contributed by atoms with Crippen LogP contribution in [0.15, 0.2) is 30.3 Å². The quantitative estimate of drug-likeness (QED) is 0.850. The van der Waals surface area contributed by atoms with Crippen LogP contribution in [0, 0.1) is 5.82 Å². The Morgan fingerprint density at radius 2 is 1.91 bits per heavy atom. The molecule has 2 saturated heterocycles. The maximum Gasteiger partial charge on any atom is 0.123 e. The Bertz CT molecular complexity index is 482. The Morgan fingerprint density at radius 3 is 2.68 bits per heavy atom. The Kier molecular flexibility index (Phi) is 5.59. The van der Waals surface area contributed by atoms with E-state index in [9.17, 15) is 4.39 Å². The zero-order valence-corrected chi connectivity index (χ0v) is 13.1. The highest BCUT2D eigenvalue weighted by molar-refractivity contribution is 5.48. The first-order valence-electron chi connectivity index (χ1n) is 8.27. The minimum Gasteiger partial charge on any atom is -0.379 e. The van der Waals surface area contributed by atoms with Gasteiger partial charge in [-0.1, -0.05) is 24.3 Å². The molecular weight excluding hydrogens is 279 g/mol. The molecule has 1 atom stereocenters. The average Bonchev–Trinajstić information content (AvgIpc) is 2.58. The predicted octanol–water partition coefficient (Wildman–Crippen LogP) is 2.64. The summed E-state index contributed by atoms with van der Waals surface area (Å²) >= 11 is 0. The van der Waals surface area contributed by atoms with Gasteiger partial charge in [-0.3, -0.25) is 9.80 Å².